The number of piperidine rings is 1. The minimum absolute atomic E-state index is 0.224. The molecule has 1 fully saturated rings. The number of benzene rings is 2. The lowest BCUT2D eigenvalue weighted by Gasteiger charge is -2.37. The topological polar surface area (TPSA) is 117 Å². The van der Waals surface area contributed by atoms with E-state index in [1.165, 1.54) is 50.6 Å². The minimum atomic E-state index is -0.598. The summed E-state index contributed by atoms with van der Waals surface area (Å²) >= 11 is 5.70. The number of amides is 1. The van der Waals surface area contributed by atoms with Gasteiger partial charge in [0, 0.05) is 19.6 Å². The van der Waals surface area contributed by atoms with Crippen LogP contribution in [0.4, 0.5) is 10.1 Å². The van der Waals surface area contributed by atoms with Crippen LogP contribution < -0.4 is 20.9 Å². The summed E-state index contributed by atoms with van der Waals surface area (Å²) in [5.74, 6) is 0.224. The molecular formula is C24H36ClFN3O5+. The average Bonchev–Trinajstić information content (AvgIpc) is 2.86. The number of carbonyl (C=O) groups is 1. The fourth-order valence-electron chi connectivity index (χ4n) is 3.59. The number of hydrogen-bond donors (Lipinski definition) is 3. The van der Waals surface area contributed by atoms with E-state index in [1.807, 2.05) is 0 Å². The number of nitrogens with two attached hydrogens (primary N) is 2. The second-order valence-electron chi connectivity index (χ2n) is 7.57. The number of likely N-dealkylation sites (tertiary alicyclic amines) is 1. The molecule has 190 valence electrons. The molecule has 0 aromatic heterocycles. The summed E-state index contributed by atoms with van der Waals surface area (Å²) in [6.45, 7) is 3.84. The van der Waals surface area contributed by atoms with Crippen molar-refractivity contribution >= 4 is 23.2 Å². The van der Waals surface area contributed by atoms with E-state index in [1.54, 1.807) is 19.2 Å². The van der Waals surface area contributed by atoms with Gasteiger partial charge in [-0.1, -0.05) is 11.6 Å². The van der Waals surface area contributed by atoms with Crippen molar-refractivity contribution in [2.45, 2.75) is 25.7 Å². The van der Waals surface area contributed by atoms with Gasteiger partial charge in [-0.25, -0.2) is 9.23 Å². The molecule has 0 spiro atoms. The highest BCUT2D eigenvalue weighted by Crippen LogP contribution is 2.28. The number of anilines is 1. The Morgan fingerprint density at radius 3 is 2.26 bits per heavy atom. The Balaban J connectivity index is 0.000000337. The second kappa shape index (κ2) is 15.3. The number of nitrogens with zero attached hydrogens (tertiary/aromatic N) is 1. The zero-order valence-electron chi connectivity index (χ0n) is 20.1. The first-order valence-electron chi connectivity index (χ1n) is 11.0. The number of hydroxylamine groups is 3. The first-order valence-corrected chi connectivity index (χ1v) is 11.4. The van der Waals surface area contributed by atoms with Gasteiger partial charge in [0.05, 0.1) is 37.1 Å². The molecule has 1 aliphatic rings. The maximum Gasteiger partial charge on any atom is 0.252 e. The van der Waals surface area contributed by atoms with E-state index in [0.717, 1.165) is 43.6 Å². The van der Waals surface area contributed by atoms with Crippen molar-refractivity contribution < 1.29 is 33.2 Å². The number of methoxy groups -OCH3 is 1. The molecule has 1 amide bonds. The summed E-state index contributed by atoms with van der Waals surface area (Å²) < 4.78 is 24.0. The molecule has 10 heteroatoms. The fraction of sp³-hybridized carbons (Fsp3) is 0.458. The van der Waals surface area contributed by atoms with Crippen molar-refractivity contribution in [1.82, 2.24) is 0 Å². The molecular weight excluding hydrogens is 465 g/mol. The Kier molecular flexibility index (Phi) is 13.3. The third-order valence-electron chi connectivity index (χ3n) is 5.40. The molecule has 0 aliphatic carbocycles. The SMILES string of the molecule is CO.CO[N+]1(CCCOc2ccc(F)cc2)CCCCC1.COc1cc(N)c(Cl)cc1C(N)=O. The van der Waals surface area contributed by atoms with E-state index < -0.39 is 5.91 Å². The Hall–Kier alpha value is -2.59. The number of halogens is 2. The predicted molar refractivity (Wildman–Crippen MR) is 131 cm³/mol. The lowest BCUT2D eigenvalue weighted by Crippen LogP contribution is -2.51. The van der Waals surface area contributed by atoms with E-state index in [0.29, 0.717) is 18.0 Å². The number of hydrogen-bond acceptors (Lipinski definition) is 6. The van der Waals surface area contributed by atoms with Crippen molar-refractivity contribution in [2.24, 2.45) is 5.73 Å². The molecule has 1 heterocycles. The van der Waals surface area contributed by atoms with E-state index in [9.17, 15) is 9.18 Å². The van der Waals surface area contributed by atoms with Gasteiger partial charge in [-0.15, -0.1) is 0 Å². The monoisotopic (exact) mass is 500 g/mol. The highest BCUT2D eigenvalue weighted by atomic mass is 35.5. The van der Waals surface area contributed by atoms with Gasteiger partial charge in [-0.05, 0) is 49.6 Å². The highest BCUT2D eigenvalue weighted by Gasteiger charge is 2.30. The third kappa shape index (κ3) is 9.34. The molecule has 0 bridgehead atoms. The number of carbonyl (C=O) groups excluding carboxylic acids is 1. The van der Waals surface area contributed by atoms with Crippen LogP contribution in [0.5, 0.6) is 11.5 Å². The van der Waals surface area contributed by atoms with Gasteiger partial charge in [0.25, 0.3) is 5.91 Å². The first kappa shape index (κ1) is 29.4. The number of ether oxygens (including phenoxy) is 2. The summed E-state index contributed by atoms with van der Waals surface area (Å²) in [6.07, 6.45) is 4.75. The van der Waals surface area contributed by atoms with Crippen molar-refractivity contribution in [3.63, 3.8) is 0 Å². The smallest absolute Gasteiger partial charge is 0.252 e. The minimum Gasteiger partial charge on any atom is -0.496 e. The number of aliphatic hydroxyl groups is 1. The number of quaternary nitrogens is 1. The Labute approximate surface area is 205 Å². The Morgan fingerprint density at radius 2 is 1.74 bits per heavy atom. The number of aliphatic hydroxyl groups excluding tert-OH is 1. The van der Waals surface area contributed by atoms with Gasteiger partial charge in [0.15, 0.2) is 0 Å². The summed E-state index contributed by atoms with van der Waals surface area (Å²) in [4.78, 5) is 16.6. The molecule has 1 aliphatic heterocycles. The van der Waals surface area contributed by atoms with Crippen LogP contribution >= 0.6 is 11.6 Å². The van der Waals surface area contributed by atoms with E-state index in [2.05, 4.69) is 0 Å². The molecule has 0 radical (unpaired) electrons. The van der Waals surface area contributed by atoms with Gasteiger partial charge >= 0.3 is 0 Å². The maximum absolute atomic E-state index is 12.7. The van der Waals surface area contributed by atoms with Crippen molar-refractivity contribution in [3.05, 3.63) is 52.8 Å². The summed E-state index contributed by atoms with van der Waals surface area (Å²) in [6, 6.07) is 9.01. The lowest BCUT2D eigenvalue weighted by atomic mass is 10.1. The van der Waals surface area contributed by atoms with Gasteiger partial charge in [-0.3, -0.25) is 4.79 Å². The molecule has 3 rings (SSSR count). The van der Waals surface area contributed by atoms with Crippen molar-refractivity contribution in [2.75, 3.05) is 53.3 Å². The fourth-order valence-corrected chi connectivity index (χ4v) is 3.75. The highest BCUT2D eigenvalue weighted by molar-refractivity contribution is 6.33. The Morgan fingerprint density at radius 1 is 1.12 bits per heavy atom. The quantitative estimate of drug-likeness (QED) is 0.288. The van der Waals surface area contributed by atoms with E-state index in [4.69, 9.17) is 42.5 Å². The summed E-state index contributed by atoms with van der Waals surface area (Å²) in [7, 11) is 4.22. The molecule has 0 unspecified atom stereocenters. The predicted octanol–water partition coefficient (Wildman–Crippen LogP) is 3.79. The molecule has 1 saturated heterocycles. The van der Waals surface area contributed by atoms with Crippen LogP contribution in [0.25, 0.3) is 0 Å². The van der Waals surface area contributed by atoms with Gasteiger partial charge in [0.1, 0.15) is 37.0 Å². The largest absolute Gasteiger partial charge is 0.496 e. The van der Waals surface area contributed by atoms with Crippen LogP contribution in [0.2, 0.25) is 5.02 Å². The maximum atomic E-state index is 12.7. The zero-order chi connectivity index (χ0) is 25.6. The molecule has 0 saturated carbocycles. The van der Waals surface area contributed by atoms with Crippen molar-refractivity contribution in [1.29, 1.82) is 0 Å². The number of rotatable bonds is 8. The Bertz CT molecular complexity index is 878. The third-order valence-corrected chi connectivity index (χ3v) is 5.72. The van der Waals surface area contributed by atoms with Crippen LogP contribution in [0.1, 0.15) is 36.0 Å². The number of primary amides is 1. The molecule has 2 aromatic rings. The summed E-state index contributed by atoms with van der Waals surface area (Å²) in [5.41, 5.74) is 11.2. The second-order valence-corrected chi connectivity index (χ2v) is 7.97. The van der Waals surface area contributed by atoms with E-state index in [-0.39, 0.29) is 16.4 Å². The normalized spacial score (nSPS) is 14.1. The average molecular weight is 501 g/mol. The van der Waals surface area contributed by atoms with Crippen LogP contribution in [0.15, 0.2) is 36.4 Å². The van der Waals surface area contributed by atoms with Crippen molar-refractivity contribution in [3.8, 4) is 11.5 Å². The first-order chi connectivity index (χ1) is 16.3. The van der Waals surface area contributed by atoms with Gasteiger partial charge in [0.2, 0.25) is 0 Å². The molecule has 34 heavy (non-hydrogen) atoms. The van der Waals surface area contributed by atoms with Crippen LogP contribution in [0, 0.1) is 5.82 Å². The number of nitrogen functional groups attached to an aromatic ring is 1. The van der Waals surface area contributed by atoms with E-state index >= 15 is 0 Å². The van der Waals surface area contributed by atoms with Gasteiger partial charge < -0.3 is 26.0 Å². The molecule has 2 aromatic carbocycles. The van der Waals surface area contributed by atoms with Gasteiger partial charge in [-0.2, -0.15) is 4.65 Å². The lowest BCUT2D eigenvalue weighted by molar-refractivity contribution is -1.10. The summed E-state index contributed by atoms with van der Waals surface area (Å²) in [5, 5.41) is 7.29. The molecule has 8 nitrogen and oxygen atoms in total. The zero-order valence-corrected chi connectivity index (χ0v) is 20.8. The standard InChI is InChI=1S/C15H23FNO2.C8H9ClN2O2.CH4O/c1-18-17(10-3-2-4-11-17)12-5-13-19-15-8-6-14(16)7-9-15;1-13-7-3-6(10)5(9)2-4(7)8(11)12;1-2/h6-9H,2-5,10-13H2,1H3;2-3H,10H2,1H3,(H2,11,12);2H,1H3/q+1;;. The molecule has 0 atom stereocenters. The molecule has 5 N–H and O–H groups in total. The van der Waals surface area contributed by atoms with Crippen LogP contribution in [-0.4, -0.2) is 63.2 Å². The van der Waals surface area contributed by atoms with Crippen LogP contribution in [0.3, 0.4) is 0 Å². The van der Waals surface area contributed by atoms with Crippen LogP contribution in [-0.2, 0) is 4.84 Å².